The van der Waals surface area contributed by atoms with Gasteiger partial charge in [-0.15, -0.1) is 0 Å². The lowest BCUT2D eigenvalue weighted by Crippen LogP contribution is -2.68. The minimum atomic E-state index is -1.01. The topological polar surface area (TPSA) is 133 Å². The maximum Gasteiger partial charge on any atom is 0.335 e. The highest BCUT2D eigenvalue weighted by Gasteiger charge is 2.68. The molecule has 5 aliphatic rings. The normalized spacial score (nSPS) is 40.2. The molecule has 6 rings (SSSR count). The smallest absolute Gasteiger partial charge is 0.335 e. The Labute approximate surface area is 268 Å². The number of nitrogens with zero attached hydrogens (tertiary/aromatic N) is 1. The Morgan fingerprint density at radius 3 is 2.31 bits per heavy atom. The van der Waals surface area contributed by atoms with Crippen LogP contribution in [0, 0.1) is 45.8 Å². The second-order valence-corrected chi connectivity index (χ2v) is 15.9. The van der Waals surface area contributed by atoms with Crippen LogP contribution < -0.4 is 11.1 Å². The highest BCUT2D eigenvalue weighted by molar-refractivity contribution is 5.88. The Hall–Kier alpha value is -2.87. The number of carboxylic acids is 2. The van der Waals surface area contributed by atoms with E-state index in [1.165, 1.54) is 36.2 Å². The number of hydrogen-bond donors (Lipinski definition) is 4. The molecule has 4 fully saturated rings. The molecule has 5 aliphatic carbocycles. The van der Waals surface area contributed by atoms with Gasteiger partial charge >= 0.3 is 18.0 Å². The van der Waals surface area contributed by atoms with E-state index in [1.54, 1.807) is 12.1 Å². The summed E-state index contributed by atoms with van der Waals surface area (Å²) in [6, 6.07) is 7.16. The predicted molar refractivity (Wildman–Crippen MR) is 175 cm³/mol. The SMILES string of the molecule is CC1C(c2ccc(C(=O)O)cc2)=CCC2(C)C1CC[C@]1(C)C2CCC2C3CCCC3(NC(=O)N(CCN)CC(=O)O)CC[C@]21C. The molecule has 7 unspecified atom stereocenters. The number of aliphatic carboxylic acids is 1. The number of nitrogens with one attached hydrogen (secondary N) is 1. The van der Waals surface area contributed by atoms with Crippen molar-refractivity contribution in [3.8, 4) is 0 Å². The van der Waals surface area contributed by atoms with Crippen LogP contribution in [0.1, 0.15) is 108 Å². The van der Waals surface area contributed by atoms with Crippen LogP contribution in [0.3, 0.4) is 0 Å². The molecule has 8 heteroatoms. The lowest BCUT2D eigenvalue weighted by atomic mass is 9.34. The molecule has 45 heavy (non-hydrogen) atoms. The van der Waals surface area contributed by atoms with Gasteiger partial charge in [-0.05, 0) is 127 Å². The number of carbonyl (C=O) groups is 3. The molecule has 0 aliphatic heterocycles. The first-order valence-corrected chi connectivity index (χ1v) is 17.3. The Kier molecular flexibility index (Phi) is 8.15. The van der Waals surface area contributed by atoms with Gasteiger partial charge in [-0.3, -0.25) is 4.79 Å². The zero-order valence-electron chi connectivity index (χ0n) is 27.6. The van der Waals surface area contributed by atoms with Gasteiger partial charge in [0.05, 0.1) is 5.56 Å². The molecule has 0 heterocycles. The Balaban J connectivity index is 1.25. The van der Waals surface area contributed by atoms with Gasteiger partial charge in [0.2, 0.25) is 0 Å². The molecule has 246 valence electrons. The lowest BCUT2D eigenvalue weighted by molar-refractivity contribution is -0.210. The van der Waals surface area contributed by atoms with Gasteiger partial charge in [-0.2, -0.15) is 0 Å². The van der Waals surface area contributed by atoms with Gasteiger partial charge in [0.25, 0.3) is 0 Å². The summed E-state index contributed by atoms with van der Waals surface area (Å²) in [5.41, 5.74) is 8.94. The number of carbonyl (C=O) groups excluding carboxylic acids is 1. The molecule has 0 spiro atoms. The van der Waals surface area contributed by atoms with Gasteiger partial charge in [0, 0.05) is 18.6 Å². The van der Waals surface area contributed by atoms with Gasteiger partial charge in [0.15, 0.2) is 0 Å². The highest BCUT2D eigenvalue weighted by Crippen LogP contribution is 2.75. The maximum absolute atomic E-state index is 13.5. The average molecular weight is 620 g/mol. The first-order valence-electron chi connectivity index (χ1n) is 17.3. The maximum atomic E-state index is 13.5. The Bertz CT molecular complexity index is 1380. The fourth-order valence-electron chi connectivity index (χ4n) is 12.1. The van der Waals surface area contributed by atoms with Crippen LogP contribution in [-0.2, 0) is 4.79 Å². The Morgan fingerprint density at radius 1 is 0.911 bits per heavy atom. The number of benzene rings is 1. The second-order valence-electron chi connectivity index (χ2n) is 15.9. The summed E-state index contributed by atoms with van der Waals surface area (Å²) in [6.45, 7) is 10.3. The standard InChI is InChI=1S/C37H53N3O5/c1-23-26(24-7-9-25(10-8-24)32(43)44)13-16-34(2)27(23)14-17-36(4)30(34)12-11-28-29-6-5-15-37(29,19-18-35(28,36)3)39-33(45)40(21-20-38)22-31(41)42/h7-10,13,23,27-30H,5-6,11-12,14-22,38H2,1-4H3,(H,39,45)(H,41,42)(H,43,44)/t23?,27?,28?,29?,30?,34?,35-,36-,37?/m1/s1. The quantitative estimate of drug-likeness (QED) is 0.270. The van der Waals surface area contributed by atoms with Crippen molar-refractivity contribution in [3.63, 3.8) is 0 Å². The molecule has 1 aromatic carbocycles. The third-order valence-electron chi connectivity index (χ3n) is 14.4. The minimum absolute atomic E-state index is 0.186. The zero-order valence-corrected chi connectivity index (χ0v) is 27.6. The molecule has 4 saturated carbocycles. The fourth-order valence-corrected chi connectivity index (χ4v) is 12.1. The van der Waals surface area contributed by atoms with Crippen molar-refractivity contribution in [2.75, 3.05) is 19.6 Å². The molecule has 1 aromatic rings. The number of nitrogens with two attached hydrogens (primary N) is 1. The van der Waals surface area contributed by atoms with E-state index in [1.807, 2.05) is 12.1 Å². The Morgan fingerprint density at radius 2 is 1.64 bits per heavy atom. The van der Waals surface area contributed by atoms with Crippen LogP contribution in [0.15, 0.2) is 30.3 Å². The van der Waals surface area contributed by atoms with Crippen molar-refractivity contribution >= 4 is 23.5 Å². The van der Waals surface area contributed by atoms with E-state index < -0.39 is 11.9 Å². The molecule has 8 nitrogen and oxygen atoms in total. The molecule has 0 aromatic heterocycles. The summed E-state index contributed by atoms with van der Waals surface area (Å²) in [5, 5.41) is 22.2. The average Bonchev–Trinajstić information content (AvgIpc) is 3.41. The summed E-state index contributed by atoms with van der Waals surface area (Å²) >= 11 is 0. The molecular formula is C37H53N3O5. The minimum Gasteiger partial charge on any atom is -0.480 e. The molecule has 5 N–H and O–H groups in total. The van der Waals surface area contributed by atoms with E-state index in [9.17, 15) is 24.6 Å². The number of urea groups is 1. The number of allylic oxidation sites excluding steroid dienone is 2. The van der Waals surface area contributed by atoms with Crippen LogP contribution in [0.25, 0.3) is 5.57 Å². The monoisotopic (exact) mass is 619 g/mol. The van der Waals surface area contributed by atoms with Crippen molar-refractivity contribution in [1.29, 1.82) is 0 Å². The zero-order chi connectivity index (χ0) is 32.4. The third-order valence-corrected chi connectivity index (χ3v) is 14.4. The van der Waals surface area contributed by atoms with Crippen LogP contribution in [0.4, 0.5) is 4.79 Å². The first-order chi connectivity index (χ1) is 21.3. The summed E-state index contributed by atoms with van der Waals surface area (Å²) in [4.78, 5) is 37.8. The summed E-state index contributed by atoms with van der Waals surface area (Å²) in [5.74, 6) is 0.685. The van der Waals surface area contributed by atoms with Crippen LogP contribution in [-0.4, -0.2) is 58.3 Å². The number of aromatic carboxylic acids is 1. The van der Waals surface area contributed by atoms with E-state index in [4.69, 9.17) is 5.73 Å². The van der Waals surface area contributed by atoms with Crippen LogP contribution in [0.2, 0.25) is 0 Å². The van der Waals surface area contributed by atoms with E-state index >= 15 is 0 Å². The first kappa shape index (κ1) is 32.1. The fraction of sp³-hybridized carbons (Fsp3) is 0.703. The van der Waals surface area contributed by atoms with Crippen molar-refractivity contribution < 1.29 is 24.6 Å². The molecule has 2 amide bonds. The third kappa shape index (κ3) is 4.92. The van der Waals surface area contributed by atoms with Crippen molar-refractivity contribution in [3.05, 3.63) is 41.5 Å². The van der Waals surface area contributed by atoms with E-state index in [0.717, 1.165) is 44.1 Å². The van der Waals surface area contributed by atoms with Gasteiger partial charge in [-0.25, -0.2) is 9.59 Å². The van der Waals surface area contributed by atoms with E-state index in [2.05, 4.69) is 39.1 Å². The molecular weight excluding hydrogens is 566 g/mol. The van der Waals surface area contributed by atoms with Crippen molar-refractivity contribution in [1.82, 2.24) is 10.2 Å². The summed E-state index contributed by atoms with van der Waals surface area (Å²) in [6.07, 6.45) is 13.6. The van der Waals surface area contributed by atoms with E-state index in [0.29, 0.717) is 35.2 Å². The number of carboxylic acid groups (broad SMARTS) is 2. The highest BCUT2D eigenvalue weighted by atomic mass is 16.4. The van der Waals surface area contributed by atoms with Crippen LogP contribution >= 0.6 is 0 Å². The van der Waals surface area contributed by atoms with E-state index in [-0.39, 0.29) is 47.4 Å². The number of amides is 2. The molecule has 0 saturated heterocycles. The number of fused-ring (bicyclic) bond motifs is 7. The second kappa shape index (κ2) is 11.4. The van der Waals surface area contributed by atoms with Crippen molar-refractivity contribution in [2.45, 2.75) is 97.4 Å². The lowest BCUT2D eigenvalue weighted by Gasteiger charge is -2.71. The van der Waals surface area contributed by atoms with Crippen LogP contribution in [0.5, 0.6) is 0 Å². The predicted octanol–water partition coefficient (Wildman–Crippen LogP) is 6.65. The van der Waals surface area contributed by atoms with Crippen molar-refractivity contribution in [2.24, 2.45) is 51.6 Å². The van der Waals surface area contributed by atoms with Gasteiger partial charge in [0.1, 0.15) is 6.54 Å². The molecule has 0 bridgehead atoms. The van der Waals surface area contributed by atoms with Gasteiger partial charge < -0.3 is 26.2 Å². The summed E-state index contributed by atoms with van der Waals surface area (Å²) in [7, 11) is 0. The number of hydrogen-bond acceptors (Lipinski definition) is 4. The molecule has 9 atom stereocenters. The largest absolute Gasteiger partial charge is 0.480 e. The summed E-state index contributed by atoms with van der Waals surface area (Å²) < 4.78 is 0. The number of rotatable bonds is 7. The van der Waals surface area contributed by atoms with Gasteiger partial charge in [-0.1, -0.05) is 52.3 Å². The molecule has 0 radical (unpaired) electrons.